The van der Waals surface area contributed by atoms with E-state index in [1.54, 1.807) is 0 Å². The quantitative estimate of drug-likeness (QED) is 0.603. The number of nitrogens with zero attached hydrogens (tertiary/aromatic N) is 1. The molecule has 0 unspecified atom stereocenters. The van der Waals surface area contributed by atoms with Crippen molar-refractivity contribution in [2.75, 3.05) is 0 Å². The molecule has 0 atom stereocenters. The molecule has 0 radical (unpaired) electrons. The van der Waals surface area contributed by atoms with Gasteiger partial charge in [-0.15, -0.1) is 0 Å². The van der Waals surface area contributed by atoms with E-state index in [0.29, 0.717) is 5.88 Å². The number of imidazole rings is 1. The number of nitrogens with one attached hydrogen (secondary N) is 1. The zero-order valence-corrected chi connectivity index (χ0v) is 8.32. The van der Waals surface area contributed by atoms with Crippen molar-refractivity contribution in [3.8, 4) is 11.6 Å². The van der Waals surface area contributed by atoms with Gasteiger partial charge in [-0.3, -0.25) is 0 Å². The Hall–Kier alpha value is -2.03. The van der Waals surface area contributed by atoms with Crippen LogP contribution in [0.3, 0.4) is 0 Å². The highest BCUT2D eigenvalue weighted by atomic mass is 16.5. The van der Waals surface area contributed by atoms with Gasteiger partial charge in [0.2, 0.25) is 5.88 Å². The van der Waals surface area contributed by atoms with Gasteiger partial charge in [0, 0.05) is 5.56 Å². The summed E-state index contributed by atoms with van der Waals surface area (Å²) in [5, 5.41) is 0. The Morgan fingerprint density at radius 3 is 3.00 bits per heavy atom. The predicted molar refractivity (Wildman–Crippen MR) is 58.8 cm³/mol. The molecule has 0 saturated heterocycles. The summed E-state index contributed by atoms with van der Waals surface area (Å²) in [5.41, 5.74) is 1.99. The number of para-hydroxylation sites is 1. The average molecular weight is 198 g/mol. The van der Waals surface area contributed by atoms with Crippen molar-refractivity contribution in [2.24, 2.45) is 0 Å². The third kappa shape index (κ3) is 1.32. The molecule has 3 rings (SSSR count). The van der Waals surface area contributed by atoms with E-state index in [9.17, 15) is 0 Å². The lowest BCUT2D eigenvalue weighted by Gasteiger charge is -2.03. The summed E-state index contributed by atoms with van der Waals surface area (Å²) in [6.07, 6.45) is 4.01. The molecule has 1 aromatic carbocycles. The number of aryl methyl sites for hydroxylation is 1. The van der Waals surface area contributed by atoms with Crippen LogP contribution in [0.25, 0.3) is 12.2 Å². The average Bonchev–Trinajstić information content (AvgIpc) is 2.49. The standard InChI is InChI=1S/C12H10N2O/c1-8-13-10-7-6-9-4-2-3-5-11(9)15-12(10)14-8/h2-7H,1H3,(H,13,14). The molecule has 0 bridgehead atoms. The summed E-state index contributed by atoms with van der Waals surface area (Å²) in [6, 6.07) is 7.91. The van der Waals surface area contributed by atoms with Gasteiger partial charge < -0.3 is 9.72 Å². The summed E-state index contributed by atoms with van der Waals surface area (Å²) in [7, 11) is 0. The predicted octanol–water partition coefficient (Wildman–Crippen LogP) is 2.99. The molecule has 2 heterocycles. The Kier molecular flexibility index (Phi) is 1.65. The molecule has 2 aromatic rings. The maximum atomic E-state index is 5.72. The number of H-pyrrole nitrogens is 1. The van der Waals surface area contributed by atoms with Crippen LogP contribution >= 0.6 is 0 Å². The monoisotopic (exact) mass is 198 g/mol. The first-order chi connectivity index (χ1) is 7.33. The third-order valence-electron chi connectivity index (χ3n) is 2.37. The Morgan fingerprint density at radius 1 is 1.20 bits per heavy atom. The molecule has 74 valence electrons. The Morgan fingerprint density at radius 2 is 2.07 bits per heavy atom. The summed E-state index contributed by atoms with van der Waals surface area (Å²) in [4.78, 5) is 7.43. The van der Waals surface area contributed by atoms with E-state index in [-0.39, 0.29) is 0 Å². The SMILES string of the molecule is Cc1nc2c([nH]1)C=Cc1ccccc1O2. The largest absolute Gasteiger partial charge is 0.436 e. The molecule has 1 aliphatic heterocycles. The molecular formula is C12H10N2O. The number of hydrogen-bond acceptors (Lipinski definition) is 2. The lowest BCUT2D eigenvalue weighted by Crippen LogP contribution is -1.86. The van der Waals surface area contributed by atoms with Gasteiger partial charge in [-0.25, -0.2) is 0 Å². The molecule has 15 heavy (non-hydrogen) atoms. The molecule has 3 nitrogen and oxygen atoms in total. The van der Waals surface area contributed by atoms with Crippen molar-refractivity contribution in [3.05, 3.63) is 41.3 Å². The number of rotatable bonds is 0. The van der Waals surface area contributed by atoms with Crippen molar-refractivity contribution in [1.82, 2.24) is 9.97 Å². The van der Waals surface area contributed by atoms with E-state index >= 15 is 0 Å². The lowest BCUT2D eigenvalue weighted by atomic mass is 10.2. The smallest absolute Gasteiger partial charge is 0.244 e. The van der Waals surface area contributed by atoms with E-state index in [2.05, 4.69) is 9.97 Å². The molecule has 0 amide bonds. The topological polar surface area (TPSA) is 37.9 Å². The Balaban J connectivity index is 2.17. The first-order valence-corrected chi connectivity index (χ1v) is 4.84. The molecule has 1 aliphatic rings. The van der Waals surface area contributed by atoms with Gasteiger partial charge in [0.1, 0.15) is 17.3 Å². The first kappa shape index (κ1) is 8.29. The zero-order chi connectivity index (χ0) is 10.3. The Bertz CT molecular complexity index is 540. The van der Waals surface area contributed by atoms with Crippen molar-refractivity contribution >= 4 is 12.2 Å². The number of benzene rings is 1. The van der Waals surface area contributed by atoms with Crippen LogP contribution in [0.15, 0.2) is 24.3 Å². The maximum absolute atomic E-state index is 5.72. The number of ether oxygens (including phenoxy) is 1. The summed E-state index contributed by atoms with van der Waals surface area (Å²) in [6.45, 7) is 1.91. The van der Waals surface area contributed by atoms with Crippen LogP contribution in [-0.4, -0.2) is 9.97 Å². The van der Waals surface area contributed by atoms with Crippen molar-refractivity contribution < 1.29 is 4.74 Å². The highest BCUT2D eigenvalue weighted by Gasteiger charge is 2.13. The van der Waals surface area contributed by atoms with Gasteiger partial charge in [-0.05, 0) is 25.1 Å². The van der Waals surface area contributed by atoms with E-state index in [0.717, 1.165) is 22.8 Å². The van der Waals surface area contributed by atoms with Gasteiger partial charge in [-0.1, -0.05) is 18.2 Å². The summed E-state index contributed by atoms with van der Waals surface area (Å²) >= 11 is 0. The van der Waals surface area contributed by atoms with Crippen LogP contribution in [0.1, 0.15) is 17.1 Å². The number of fused-ring (bicyclic) bond motifs is 2. The molecule has 1 aromatic heterocycles. The Labute approximate surface area is 87.4 Å². The molecular weight excluding hydrogens is 188 g/mol. The van der Waals surface area contributed by atoms with Gasteiger partial charge in [-0.2, -0.15) is 4.98 Å². The molecule has 0 spiro atoms. The highest BCUT2D eigenvalue weighted by Crippen LogP contribution is 2.31. The summed E-state index contributed by atoms with van der Waals surface area (Å²) < 4.78 is 5.72. The lowest BCUT2D eigenvalue weighted by molar-refractivity contribution is 0.464. The van der Waals surface area contributed by atoms with Crippen LogP contribution in [-0.2, 0) is 0 Å². The second-order valence-corrected chi connectivity index (χ2v) is 3.51. The van der Waals surface area contributed by atoms with Gasteiger partial charge >= 0.3 is 0 Å². The maximum Gasteiger partial charge on any atom is 0.244 e. The minimum absolute atomic E-state index is 0.647. The van der Waals surface area contributed by atoms with Crippen LogP contribution in [0, 0.1) is 6.92 Å². The fraction of sp³-hybridized carbons (Fsp3) is 0.0833. The van der Waals surface area contributed by atoms with Gasteiger partial charge in [0.25, 0.3) is 0 Å². The number of aromatic nitrogens is 2. The molecule has 1 N–H and O–H groups in total. The summed E-state index contributed by atoms with van der Waals surface area (Å²) in [5.74, 6) is 2.36. The minimum atomic E-state index is 0.647. The fourth-order valence-corrected chi connectivity index (χ4v) is 1.67. The van der Waals surface area contributed by atoms with Gasteiger partial charge in [0.05, 0.1) is 0 Å². The number of hydrogen-bond donors (Lipinski definition) is 1. The van der Waals surface area contributed by atoms with Crippen LogP contribution in [0.2, 0.25) is 0 Å². The second-order valence-electron chi connectivity index (χ2n) is 3.51. The van der Waals surface area contributed by atoms with Gasteiger partial charge in [0.15, 0.2) is 0 Å². The van der Waals surface area contributed by atoms with Crippen molar-refractivity contribution in [2.45, 2.75) is 6.92 Å². The van der Waals surface area contributed by atoms with E-state index in [1.165, 1.54) is 0 Å². The molecule has 0 fully saturated rings. The zero-order valence-electron chi connectivity index (χ0n) is 8.32. The minimum Gasteiger partial charge on any atom is -0.436 e. The van der Waals surface area contributed by atoms with Crippen LogP contribution in [0.5, 0.6) is 11.6 Å². The van der Waals surface area contributed by atoms with Crippen molar-refractivity contribution in [1.29, 1.82) is 0 Å². The van der Waals surface area contributed by atoms with E-state index in [1.807, 2.05) is 43.3 Å². The number of aromatic amines is 1. The van der Waals surface area contributed by atoms with E-state index in [4.69, 9.17) is 4.74 Å². The van der Waals surface area contributed by atoms with Crippen LogP contribution < -0.4 is 4.74 Å². The van der Waals surface area contributed by atoms with Crippen LogP contribution in [0.4, 0.5) is 0 Å². The van der Waals surface area contributed by atoms with E-state index < -0.39 is 0 Å². The highest BCUT2D eigenvalue weighted by molar-refractivity contribution is 5.75. The molecule has 3 heteroatoms. The normalized spacial score (nSPS) is 12.6. The first-order valence-electron chi connectivity index (χ1n) is 4.84. The molecule has 0 aliphatic carbocycles. The van der Waals surface area contributed by atoms with Crippen molar-refractivity contribution in [3.63, 3.8) is 0 Å². The molecule has 0 saturated carbocycles. The second kappa shape index (κ2) is 2.98. The fourth-order valence-electron chi connectivity index (χ4n) is 1.67. The third-order valence-corrected chi connectivity index (χ3v) is 2.37.